The first-order chi connectivity index (χ1) is 13.8. The van der Waals surface area contributed by atoms with Crippen molar-refractivity contribution in [3.63, 3.8) is 0 Å². The number of halogens is 1. The van der Waals surface area contributed by atoms with Gasteiger partial charge in [0.1, 0.15) is 5.82 Å². The van der Waals surface area contributed by atoms with E-state index >= 15 is 0 Å². The summed E-state index contributed by atoms with van der Waals surface area (Å²) in [5, 5.41) is 11.3. The van der Waals surface area contributed by atoms with Gasteiger partial charge in [0.05, 0.1) is 17.3 Å². The van der Waals surface area contributed by atoms with Crippen molar-refractivity contribution in [3.05, 3.63) is 41.8 Å². The molecule has 3 aromatic rings. The van der Waals surface area contributed by atoms with Gasteiger partial charge in [-0.1, -0.05) is 13.8 Å². The van der Waals surface area contributed by atoms with Crippen molar-refractivity contribution in [1.29, 1.82) is 0 Å². The van der Waals surface area contributed by atoms with E-state index in [1.54, 1.807) is 10.9 Å². The van der Waals surface area contributed by atoms with Crippen molar-refractivity contribution in [2.75, 3.05) is 10.6 Å². The molecule has 2 aromatic heterocycles. The molecule has 3 rings (SSSR count). The molecule has 0 spiro atoms. The molecule has 29 heavy (non-hydrogen) atoms. The van der Waals surface area contributed by atoms with Crippen LogP contribution in [0.15, 0.2) is 30.5 Å². The molecule has 1 aromatic carbocycles. The Morgan fingerprint density at radius 1 is 1.24 bits per heavy atom. The van der Waals surface area contributed by atoms with Crippen LogP contribution in [0.4, 0.5) is 21.7 Å². The molecule has 0 radical (unpaired) electrons. The Labute approximate surface area is 168 Å². The van der Waals surface area contributed by atoms with Crippen LogP contribution in [0.5, 0.6) is 0 Å². The topological polar surface area (TPSA) is 124 Å². The third-order valence-electron chi connectivity index (χ3n) is 5.00. The lowest BCUT2D eigenvalue weighted by Gasteiger charge is -2.24. The quantitative estimate of drug-likeness (QED) is 0.462. The van der Waals surface area contributed by atoms with Crippen molar-refractivity contribution >= 4 is 34.1 Å². The van der Waals surface area contributed by atoms with E-state index in [9.17, 15) is 9.18 Å². The second-order valence-corrected chi connectivity index (χ2v) is 6.98. The molecule has 0 bridgehead atoms. The van der Waals surface area contributed by atoms with Crippen LogP contribution < -0.4 is 22.1 Å². The van der Waals surface area contributed by atoms with Crippen molar-refractivity contribution < 1.29 is 9.18 Å². The largest absolute Gasteiger partial charge is 0.365 e. The van der Waals surface area contributed by atoms with E-state index in [4.69, 9.17) is 11.5 Å². The first-order valence-corrected chi connectivity index (χ1v) is 9.55. The minimum atomic E-state index is -0.773. The summed E-state index contributed by atoms with van der Waals surface area (Å²) in [6.07, 6.45) is 3.18. The van der Waals surface area contributed by atoms with Crippen LogP contribution in [0.3, 0.4) is 0 Å². The highest BCUT2D eigenvalue weighted by Crippen LogP contribution is 2.26. The summed E-state index contributed by atoms with van der Waals surface area (Å²) in [7, 11) is 1.85. The number of hydrogen-bond donors (Lipinski definition) is 4. The van der Waals surface area contributed by atoms with Gasteiger partial charge in [-0.25, -0.2) is 9.37 Å². The average Bonchev–Trinajstić information content (AvgIpc) is 3.07. The van der Waals surface area contributed by atoms with Gasteiger partial charge in [-0.05, 0) is 37.1 Å². The average molecular weight is 399 g/mol. The maximum absolute atomic E-state index is 14.6. The number of carbonyl (C=O) groups excluding carboxylic acids is 1. The fourth-order valence-corrected chi connectivity index (χ4v) is 3.22. The predicted molar refractivity (Wildman–Crippen MR) is 113 cm³/mol. The third-order valence-corrected chi connectivity index (χ3v) is 5.00. The molecule has 0 saturated heterocycles. The highest BCUT2D eigenvalue weighted by molar-refractivity contribution is 5.99. The first-order valence-electron chi connectivity index (χ1n) is 9.55. The molecule has 0 aliphatic carbocycles. The van der Waals surface area contributed by atoms with Gasteiger partial charge in [-0.2, -0.15) is 5.10 Å². The van der Waals surface area contributed by atoms with E-state index in [-0.39, 0.29) is 29.3 Å². The number of hydrogen-bond acceptors (Lipinski definition) is 6. The van der Waals surface area contributed by atoms with E-state index in [1.165, 1.54) is 0 Å². The van der Waals surface area contributed by atoms with Gasteiger partial charge in [-0.3, -0.25) is 9.48 Å². The van der Waals surface area contributed by atoms with Gasteiger partial charge in [0, 0.05) is 30.2 Å². The second-order valence-electron chi connectivity index (χ2n) is 6.98. The van der Waals surface area contributed by atoms with Crippen LogP contribution in [0.25, 0.3) is 10.9 Å². The van der Waals surface area contributed by atoms with Crippen molar-refractivity contribution in [2.24, 2.45) is 18.5 Å². The number of nitrogens with one attached hydrogen (secondary N) is 2. The number of primary amides is 1. The molecule has 1 amide bonds. The SMILES string of the molecule is CCC(N)C(CC)Nc1nc(Nc2ccc3c(cnn3C)c2)c(C(N)=O)cc1F. The fraction of sp³-hybridized carbons (Fsp3) is 0.350. The molecular weight excluding hydrogens is 373 g/mol. The highest BCUT2D eigenvalue weighted by Gasteiger charge is 2.20. The van der Waals surface area contributed by atoms with Crippen molar-refractivity contribution in [3.8, 4) is 0 Å². The van der Waals surface area contributed by atoms with E-state index in [0.717, 1.165) is 23.4 Å². The lowest BCUT2D eigenvalue weighted by Crippen LogP contribution is -2.39. The summed E-state index contributed by atoms with van der Waals surface area (Å²) in [6, 6.07) is 6.38. The smallest absolute Gasteiger partial charge is 0.252 e. The Kier molecular flexibility index (Phi) is 5.97. The zero-order chi connectivity index (χ0) is 21.1. The van der Waals surface area contributed by atoms with Crippen molar-refractivity contribution in [2.45, 2.75) is 38.8 Å². The minimum absolute atomic E-state index is 0.0238. The van der Waals surface area contributed by atoms with Crippen molar-refractivity contribution in [1.82, 2.24) is 14.8 Å². The zero-order valence-corrected chi connectivity index (χ0v) is 16.7. The summed E-state index contributed by atoms with van der Waals surface area (Å²) < 4.78 is 16.3. The molecule has 6 N–H and O–H groups in total. The van der Waals surface area contributed by atoms with Gasteiger partial charge in [0.2, 0.25) is 0 Å². The summed E-state index contributed by atoms with van der Waals surface area (Å²) in [5.74, 6) is -1.24. The number of anilines is 3. The summed E-state index contributed by atoms with van der Waals surface area (Å²) in [4.78, 5) is 16.1. The molecule has 9 heteroatoms. The van der Waals surface area contributed by atoms with Gasteiger partial charge in [0.15, 0.2) is 11.6 Å². The Morgan fingerprint density at radius 3 is 2.66 bits per heavy atom. The molecule has 0 aliphatic heterocycles. The summed E-state index contributed by atoms with van der Waals surface area (Å²) in [5.41, 5.74) is 13.1. The summed E-state index contributed by atoms with van der Waals surface area (Å²) in [6.45, 7) is 3.93. The van der Waals surface area contributed by atoms with E-state index in [2.05, 4.69) is 20.7 Å². The second kappa shape index (κ2) is 8.44. The molecule has 0 saturated carbocycles. The molecule has 2 heterocycles. The van der Waals surface area contributed by atoms with Crippen LogP contribution in [-0.4, -0.2) is 32.8 Å². The number of benzene rings is 1. The number of nitrogens with two attached hydrogens (primary N) is 2. The maximum Gasteiger partial charge on any atom is 0.252 e. The molecular formula is C20H26FN7O. The summed E-state index contributed by atoms with van der Waals surface area (Å²) >= 11 is 0. The standard InChI is InChI=1S/C20H26FN7O/c1-4-15(22)16(5-2)26-20-14(21)9-13(18(23)29)19(27-20)25-12-6-7-17-11(8-12)10-24-28(17)3/h6-10,15-16H,4-5,22H2,1-3H3,(H2,23,29)(H2,25,26,27). The molecule has 2 unspecified atom stereocenters. The van der Waals surface area contributed by atoms with E-state index < -0.39 is 11.7 Å². The number of fused-ring (bicyclic) bond motifs is 1. The number of nitrogens with zero attached hydrogens (tertiary/aromatic N) is 3. The number of carbonyl (C=O) groups is 1. The number of aryl methyl sites for hydroxylation is 1. The Balaban J connectivity index is 1.97. The highest BCUT2D eigenvalue weighted by atomic mass is 19.1. The zero-order valence-electron chi connectivity index (χ0n) is 16.7. The van der Waals surface area contributed by atoms with Crippen LogP contribution in [0.2, 0.25) is 0 Å². The molecule has 0 aliphatic rings. The number of pyridine rings is 1. The third kappa shape index (κ3) is 4.29. The van der Waals surface area contributed by atoms with Gasteiger partial charge in [-0.15, -0.1) is 0 Å². The van der Waals surface area contributed by atoms with Gasteiger partial charge < -0.3 is 22.1 Å². The van der Waals surface area contributed by atoms with Gasteiger partial charge >= 0.3 is 0 Å². The van der Waals surface area contributed by atoms with Crippen LogP contribution in [0.1, 0.15) is 37.0 Å². The molecule has 0 fully saturated rings. The Morgan fingerprint density at radius 2 is 2.00 bits per heavy atom. The van der Waals surface area contributed by atoms with Crippen LogP contribution in [0, 0.1) is 5.82 Å². The van der Waals surface area contributed by atoms with E-state index in [1.807, 2.05) is 39.1 Å². The van der Waals surface area contributed by atoms with E-state index in [0.29, 0.717) is 12.1 Å². The van der Waals surface area contributed by atoms with Crippen LogP contribution >= 0.6 is 0 Å². The monoisotopic (exact) mass is 399 g/mol. The minimum Gasteiger partial charge on any atom is -0.365 e. The molecule has 154 valence electrons. The first kappa shape index (κ1) is 20.5. The predicted octanol–water partition coefficient (Wildman–Crippen LogP) is 2.88. The van der Waals surface area contributed by atoms with Crippen LogP contribution in [-0.2, 0) is 7.05 Å². The lowest BCUT2D eigenvalue weighted by atomic mass is 10.0. The number of rotatable bonds is 8. The number of amides is 1. The van der Waals surface area contributed by atoms with Gasteiger partial charge in [0.25, 0.3) is 5.91 Å². The molecule has 8 nitrogen and oxygen atoms in total. The fourth-order valence-electron chi connectivity index (χ4n) is 3.22. The Hall–Kier alpha value is -3.20. The Bertz CT molecular complexity index is 1030. The maximum atomic E-state index is 14.6. The number of aromatic nitrogens is 3. The normalized spacial score (nSPS) is 13.3. The lowest BCUT2D eigenvalue weighted by molar-refractivity contribution is 0.100. The molecule has 2 atom stereocenters.